The first-order chi connectivity index (χ1) is 12.0. The molecule has 2 saturated heterocycles. The van der Waals surface area contributed by atoms with Gasteiger partial charge in [0.05, 0.1) is 16.2 Å². The highest BCUT2D eigenvalue weighted by molar-refractivity contribution is 5.99. The van der Waals surface area contributed by atoms with Gasteiger partial charge in [0, 0.05) is 50.9 Å². The van der Waals surface area contributed by atoms with E-state index < -0.39 is 10.8 Å². The van der Waals surface area contributed by atoms with Crippen molar-refractivity contribution in [2.45, 2.75) is 18.9 Å². The van der Waals surface area contributed by atoms with Gasteiger partial charge in [-0.25, -0.2) is 0 Å². The van der Waals surface area contributed by atoms with Gasteiger partial charge >= 0.3 is 0 Å². The minimum absolute atomic E-state index is 0.110. The molecule has 8 nitrogen and oxygen atoms in total. The zero-order chi connectivity index (χ0) is 18.0. The van der Waals surface area contributed by atoms with E-state index in [0.717, 1.165) is 32.7 Å². The third-order valence-electron chi connectivity index (χ3n) is 5.23. The molecule has 0 bridgehead atoms. The third kappa shape index (κ3) is 3.91. The van der Waals surface area contributed by atoms with Gasteiger partial charge in [-0.05, 0) is 32.5 Å². The number of nitro groups is 1. The van der Waals surface area contributed by atoms with Gasteiger partial charge in [0.1, 0.15) is 0 Å². The number of benzene rings is 1. The number of likely N-dealkylation sites (tertiary alicyclic amines) is 1. The summed E-state index contributed by atoms with van der Waals surface area (Å²) in [5, 5.41) is 10.9. The lowest BCUT2D eigenvalue weighted by molar-refractivity contribution is -0.384. The number of nitrogens with two attached hydrogens (primary N) is 1. The van der Waals surface area contributed by atoms with Crippen LogP contribution in [0.3, 0.4) is 0 Å². The average molecular weight is 347 g/mol. The number of piperazine rings is 1. The standard InChI is InChI=1S/C17H25N5O3/c1-19-6-2-3-14(12-19)20-7-9-21(10-8-20)16-5-4-13(22(24)25)11-15(16)17(18)23/h4-5,11,14H,2-3,6-10,12H2,1H3,(H2,18,23). The van der Waals surface area contributed by atoms with E-state index in [0.29, 0.717) is 11.7 Å². The van der Waals surface area contributed by atoms with Gasteiger partial charge in [-0.15, -0.1) is 0 Å². The predicted octanol–water partition coefficient (Wildman–Crippen LogP) is 0.910. The molecule has 0 aromatic heterocycles. The van der Waals surface area contributed by atoms with Crippen LogP contribution >= 0.6 is 0 Å². The number of hydrogen-bond acceptors (Lipinski definition) is 6. The Balaban J connectivity index is 1.70. The van der Waals surface area contributed by atoms with Crippen LogP contribution in [0.25, 0.3) is 0 Å². The summed E-state index contributed by atoms with van der Waals surface area (Å²) < 4.78 is 0. The largest absolute Gasteiger partial charge is 0.368 e. The Bertz CT molecular complexity index is 658. The molecule has 136 valence electrons. The molecule has 2 fully saturated rings. The van der Waals surface area contributed by atoms with Crippen LogP contribution in [0.1, 0.15) is 23.2 Å². The minimum Gasteiger partial charge on any atom is -0.368 e. The number of likely N-dealkylation sites (N-methyl/N-ethyl adjacent to an activating group) is 1. The van der Waals surface area contributed by atoms with Crippen molar-refractivity contribution in [1.82, 2.24) is 9.80 Å². The monoisotopic (exact) mass is 347 g/mol. The molecule has 3 rings (SSSR count). The molecule has 8 heteroatoms. The molecule has 0 aliphatic carbocycles. The van der Waals surface area contributed by atoms with Gasteiger partial charge in [0.2, 0.25) is 0 Å². The summed E-state index contributed by atoms with van der Waals surface area (Å²) in [6, 6.07) is 4.94. The van der Waals surface area contributed by atoms with Gasteiger partial charge in [-0.1, -0.05) is 0 Å². The van der Waals surface area contributed by atoms with E-state index in [4.69, 9.17) is 5.73 Å². The van der Waals surface area contributed by atoms with Crippen LogP contribution in [0.4, 0.5) is 11.4 Å². The zero-order valence-electron chi connectivity index (χ0n) is 14.6. The highest BCUT2D eigenvalue weighted by Crippen LogP contribution is 2.27. The zero-order valence-corrected chi connectivity index (χ0v) is 14.6. The maximum atomic E-state index is 11.7. The molecule has 25 heavy (non-hydrogen) atoms. The smallest absolute Gasteiger partial charge is 0.270 e. The Labute approximate surface area is 147 Å². The van der Waals surface area contributed by atoms with Crippen molar-refractivity contribution < 1.29 is 9.72 Å². The maximum Gasteiger partial charge on any atom is 0.270 e. The van der Waals surface area contributed by atoms with Crippen molar-refractivity contribution in [3.8, 4) is 0 Å². The Kier molecular flexibility index (Phi) is 5.19. The number of carbonyl (C=O) groups excluding carboxylic acids is 1. The van der Waals surface area contributed by atoms with Crippen LogP contribution in [0.15, 0.2) is 18.2 Å². The van der Waals surface area contributed by atoms with E-state index in [1.165, 1.54) is 31.5 Å². The average Bonchev–Trinajstić information content (AvgIpc) is 2.61. The second-order valence-corrected chi connectivity index (χ2v) is 6.90. The molecule has 2 aliphatic rings. The number of non-ortho nitro benzene ring substituents is 1. The van der Waals surface area contributed by atoms with E-state index in [1.807, 2.05) is 0 Å². The molecule has 2 aliphatic heterocycles. The van der Waals surface area contributed by atoms with Crippen molar-refractivity contribution in [2.75, 3.05) is 51.2 Å². The van der Waals surface area contributed by atoms with Crippen molar-refractivity contribution >= 4 is 17.3 Å². The van der Waals surface area contributed by atoms with Crippen LogP contribution in [0, 0.1) is 10.1 Å². The van der Waals surface area contributed by atoms with Crippen molar-refractivity contribution in [3.05, 3.63) is 33.9 Å². The molecule has 1 amide bonds. The quantitative estimate of drug-likeness (QED) is 0.642. The number of hydrogen-bond donors (Lipinski definition) is 1. The molecule has 1 aromatic carbocycles. The molecule has 2 heterocycles. The number of carbonyl (C=O) groups is 1. The Morgan fingerprint density at radius 1 is 1.24 bits per heavy atom. The number of piperidine rings is 1. The molecular formula is C17H25N5O3. The molecule has 1 aromatic rings. The first kappa shape index (κ1) is 17.6. The number of nitro benzene ring substituents is 1. The van der Waals surface area contributed by atoms with E-state index in [1.54, 1.807) is 6.07 Å². The molecule has 1 unspecified atom stereocenters. The fourth-order valence-electron chi connectivity index (χ4n) is 3.88. The van der Waals surface area contributed by atoms with Crippen LogP contribution in [-0.2, 0) is 0 Å². The fourth-order valence-corrected chi connectivity index (χ4v) is 3.88. The third-order valence-corrected chi connectivity index (χ3v) is 5.23. The van der Waals surface area contributed by atoms with Crippen LogP contribution in [0.5, 0.6) is 0 Å². The van der Waals surface area contributed by atoms with E-state index in [-0.39, 0.29) is 11.3 Å². The van der Waals surface area contributed by atoms with Crippen molar-refractivity contribution in [1.29, 1.82) is 0 Å². The molecular weight excluding hydrogens is 322 g/mol. The summed E-state index contributed by atoms with van der Waals surface area (Å²) in [6.07, 6.45) is 2.46. The van der Waals surface area contributed by atoms with Gasteiger partial charge in [0.15, 0.2) is 0 Å². The first-order valence-electron chi connectivity index (χ1n) is 8.71. The Morgan fingerprint density at radius 3 is 2.56 bits per heavy atom. The second-order valence-electron chi connectivity index (χ2n) is 6.90. The Hall–Kier alpha value is -2.19. The summed E-state index contributed by atoms with van der Waals surface area (Å²) in [5.41, 5.74) is 6.25. The van der Waals surface area contributed by atoms with Crippen molar-refractivity contribution in [3.63, 3.8) is 0 Å². The molecule has 0 saturated carbocycles. The minimum atomic E-state index is -0.630. The number of amides is 1. The number of primary amides is 1. The number of nitrogens with zero attached hydrogens (tertiary/aromatic N) is 4. The fraction of sp³-hybridized carbons (Fsp3) is 0.588. The SMILES string of the molecule is CN1CCCC(N2CCN(c3ccc([N+](=O)[O-])cc3C(N)=O)CC2)C1. The molecule has 2 N–H and O–H groups in total. The topological polar surface area (TPSA) is 95.9 Å². The molecule has 1 atom stereocenters. The van der Waals surface area contributed by atoms with E-state index in [2.05, 4.69) is 21.7 Å². The lowest BCUT2D eigenvalue weighted by Gasteiger charge is -2.43. The summed E-state index contributed by atoms with van der Waals surface area (Å²) in [7, 11) is 2.17. The highest BCUT2D eigenvalue weighted by atomic mass is 16.6. The summed E-state index contributed by atoms with van der Waals surface area (Å²) in [5.74, 6) is -0.630. The number of rotatable bonds is 4. The highest BCUT2D eigenvalue weighted by Gasteiger charge is 2.28. The van der Waals surface area contributed by atoms with Gasteiger partial charge in [-0.2, -0.15) is 0 Å². The second kappa shape index (κ2) is 7.37. The first-order valence-corrected chi connectivity index (χ1v) is 8.71. The van der Waals surface area contributed by atoms with Gasteiger partial charge in [-0.3, -0.25) is 19.8 Å². The van der Waals surface area contributed by atoms with Crippen molar-refractivity contribution in [2.24, 2.45) is 5.73 Å². The summed E-state index contributed by atoms with van der Waals surface area (Å²) >= 11 is 0. The normalized spacial score (nSPS) is 22.8. The summed E-state index contributed by atoms with van der Waals surface area (Å²) in [6.45, 7) is 5.70. The number of anilines is 1. The maximum absolute atomic E-state index is 11.7. The van der Waals surface area contributed by atoms with Crippen LogP contribution < -0.4 is 10.6 Å². The molecule has 0 spiro atoms. The lowest BCUT2D eigenvalue weighted by Crippen LogP contribution is -2.54. The molecule has 0 radical (unpaired) electrons. The van der Waals surface area contributed by atoms with Crippen LogP contribution in [-0.4, -0.2) is 73.0 Å². The Morgan fingerprint density at radius 2 is 1.96 bits per heavy atom. The predicted molar refractivity (Wildman–Crippen MR) is 95.9 cm³/mol. The van der Waals surface area contributed by atoms with Gasteiger partial charge in [0.25, 0.3) is 11.6 Å². The van der Waals surface area contributed by atoms with E-state index >= 15 is 0 Å². The van der Waals surface area contributed by atoms with Crippen LogP contribution in [0.2, 0.25) is 0 Å². The van der Waals surface area contributed by atoms with Gasteiger partial charge < -0.3 is 15.5 Å². The summed E-state index contributed by atoms with van der Waals surface area (Å²) in [4.78, 5) is 29.2. The lowest BCUT2D eigenvalue weighted by atomic mass is 10.0. The van der Waals surface area contributed by atoms with E-state index in [9.17, 15) is 14.9 Å².